The van der Waals surface area contributed by atoms with E-state index in [1.54, 1.807) is 13.8 Å². The summed E-state index contributed by atoms with van der Waals surface area (Å²) in [6.07, 6.45) is 0. The van der Waals surface area contributed by atoms with Crippen molar-refractivity contribution in [1.82, 2.24) is 0 Å². The molecule has 0 aromatic rings. The first-order valence-corrected chi connectivity index (χ1v) is 6.50. The maximum absolute atomic E-state index is 12.3. The molecule has 2 N–H and O–H groups in total. The van der Waals surface area contributed by atoms with Gasteiger partial charge in [0.05, 0.1) is 34.1 Å². The molecule has 5 heteroatoms. The van der Waals surface area contributed by atoms with Gasteiger partial charge < -0.3 is 15.2 Å². The molecule has 0 saturated carbocycles. The molecule has 2 aliphatic rings. The molecule has 0 aromatic heterocycles. The standard InChI is InChI=1S/C16H17NO4/c1-3-20-15(18)12-10-8-6-5-7-9-11(10)13(14(12)17)16(19)21-4-2/h5-9H,3-4,17H2,1-2H3/i5D,8D,9D. The largest absolute Gasteiger partial charge is 0.462 e. The van der Waals surface area contributed by atoms with Crippen LogP contribution in [-0.2, 0) is 9.47 Å². The zero-order chi connectivity index (χ0) is 18.0. The number of ether oxygens (including phenoxy) is 2. The minimum Gasteiger partial charge on any atom is -0.462 e. The molecule has 21 heavy (non-hydrogen) atoms. The summed E-state index contributed by atoms with van der Waals surface area (Å²) in [6.45, 7) is 3.41. The molecular weight excluding hydrogens is 270 g/mol. The lowest BCUT2D eigenvalue weighted by Gasteiger charge is -2.03. The SMILES string of the molecule is [2H]c1cc([2H])c2c(C(=O)OCC)c(N)c(C(=O)OCC)c-2c([2H])c1. The smallest absolute Gasteiger partial charge is 0.340 e. The van der Waals surface area contributed by atoms with Crippen molar-refractivity contribution in [2.75, 3.05) is 18.9 Å². The summed E-state index contributed by atoms with van der Waals surface area (Å²) in [5.74, 6) is -1.58. The van der Waals surface area contributed by atoms with E-state index in [0.717, 1.165) is 0 Å². The Morgan fingerprint density at radius 1 is 1.05 bits per heavy atom. The zero-order valence-corrected chi connectivity index (χ0v) is 11.8. The summed E-state index contributed by atoms with van der Waals surface area (Å²) in [6, 6.07) is 1.87. The Morgan fingerprint density at radius 3 is 1.86 bits per heavy atom. The fourth-order valence-corrected chi connectivity index (χ4v) is 2.03. The molecule has 0 amide bonds. The van der Waals surface area contributed by atoms with E-state index in [2.05, 4.69) is 0 Å². The predicted octanol–water partition coefficient (Wildman–Crippen LogP) is 2.73. The maximum Gasteiger partial charge on any atom is 0.340 e. The molecule has 2 aliphatic carbocycles. The Hall–Kier alpha value is -2.56. The highest BCUT2D eigenvalue weighted by molar-refractivity contribution is 6.15. The number of hydrogen-bond donors (Lipinski definition) is 1. The maximum atomic E-state index is 12.3. The molecule has 0 aliphatic heterocycles. The van der Waals surface area contributed by atoms with Crippen LogP contribution in [0.25, 0.3) is 11.1 Å². The van der Waals surface area contributed by atoms with Crippen molar-refractivity contribution in [2.24, 2.45) is 0 Å². The lowest BCUT2D eigenvalue weighted by molar-refractivity contribution is 0.0525. The van der Waals surface area contributed by atoms with E-state index >= 15 is 0 Å². The number of carbonyl (C=O) groups is 2. The fourth-order valence-electron chi connectivity index (χ4n) is 2.03. The van der Waals surface area contributed by atoms with E-state index < -0.39 is 11.9 Å². The molecule has 0 unspecified atom stereocenters. The first-order valence-electron chi connectivity index (χ1n) is 8.00. The number of nitrogens with two attached hydrogens (primary N) is 1. The lowest BCUT2D eigenvalue weighted by atomic mass is 10.1. The predicted molar refractivity (Wildman–Crippen MR) is 79.4 cm³/mol. The second-order valence-electron chi connectivity index (χ2n) is 4.10. The normalized spacial score (nSPS) is 12.4. The molecule has 0 spiro atoms. The van der Waals surface area contributed by atoms with E-state index in [1.807, 2.05) is 0 Å². The van der Waals surface area contributed by atoms with Gasteiger partial charge in [0.15, 0.2) is 0 Å². The van der Waals surface area contributed by atoms with Crippen molar-refractivity contribution < 1.29 is 23.2 Å². The molecule has 0 radical (unpaired) electrons. The zero-order valence-electron chi connectivity index (χ0n) is 14.8. The average Bonchev–Trinajstić information content (AvgIpc) is 2.75. The van der Waals surface area contributed by atoms with Gasteiger partial charge in [0.25, 0.3) is 0 Å². The van der Waals surface area contributed by atoms with Gasteiger partial charge in [0.2, 0.25) is 0 Å². The van der Waals surface area contributed by atoms with E-state index in [4.69, 9.17) is 19.3 Å². The summed E-state index contributed by atoms with van der Waals surface area (Å²) in [4.78, 5) is 24.6. The van der Waals surface area contributed by atoms with Crippen LogP contribution in [0.5, 0.6) is 0 Å². The van der Waals surface area contributed by atoms with Gasteiger partial charge in [-0.3, -0.25) is 0 Å². The Kier molecular flexibility index (Phi) is 3.32. The Bertz CT molecular complexity index is 730. The average molecular weight is 290 g/mol. The molecule has 0 heterocycles. The summed E-state index contributed by atoms with van der Waals surface area (Å²) in [5.41, 5.74) is 5.53. The molecule has 0 aromatic carbocycles. The summed E-state index contributed by atoms with van der Waals surface area (Å²) < 4.78 is 33.9. The van der Waals surface area contributed by atoms with Gasteiger partial charge in [-0.15, -0.1) is 0 Å². The molecule has 2 rings (SSSR count). The highest BCUT2D eigenvalue weighted by Crippen LogP contribution is 2.39. The molecule has 0 bridgehead atoms. The molecular formula is C16H17NO4. The van der Waals surface area contributed by atoms with Gasteiger partial charge in [-0.05, 0) is 25.0 Å². The number of anilines is 1. The van der Waals surface area contributed by atoms with Crippen LogP contribution in [0.2, 0.25) is 0 Å². The van der Waals surface area contributed by atoms with Gasteiger partial charge in [0, 0.05) is 0 Å². The topological polar surface area (TPSA) is 78.6 Å². The summed E-state index contributed by atoms with van der Waals surface area (Å²) in [5, 5.41) is 0. The minimum absolute atomic E-state index is 0.0116. The summed E-state index contributed by atoms with van der Waals surface area (Å²) in [7, 11) is 0. The van der Waals surface area contributed by atoms with Crippen LogP contribution in [0.15, 0.2) is 30.3 Å². The quantitative estimate of drug-likeness (QED) is 0.876. The van der Waals surface area contributed by atoms with Gasteiger partial charge in [-0.2, -0.15) is 0 Å². The van der Waals surface area contributed by atoms with Gasteiger partial charge in [-0.25, -0.2) is 9.59 Å². The van der Waals surface area contributed by atoms with Crippen LogP contribution in [0.1, 0.15) is 38.7 Å². The number of nitrogen functional groups attached to an aromatic ring is 1. The molecule has 110 valence electrons. The third-order valence-electron chi connectivity index (χ3n) is 2.85. The molecule has 0 fully saturated rings. The van der Waals surface area contributed by atoms with Crippen LogP contribution >= 0.6 is 0 Å². The molecule has 5 nitrogen and oxygen atoms in total. The third-order valence-corrected chi connectivity index (χ3v) is 2.85. The van der Waals surface area contributed by atoms with Crippen molar-refractivity contribution in [2.45, 2.75) is 13.8 Å². The number of hydrogen-bond acceptors (Lipinski definition) is 5. The fraction of sp³-hybridized carbons (Fsp3) is 0.250. The van der Waals surface area contributed by atoms with Crippen LogP contribution in [0, 0.1) is 0 Å². The third kappa shape index (κ3) is 2.67. The number of esters is 2. The number of rotatable bonds is 4. The van der Waals surface area contributed by atoms with Crippen LogP contribution in [-0.4, -0.2) is 25.2 Å². The first kappa shape index (κ1) is 11.1. The Morgan fingerprint density at radius 2 is 1.48 bits per heavy atom. The van der Waals surface area contributed by atoms with Crippen LogP contribution in [0.3, 0.4) is 0 Å². The second kappa shape index (κ2) is 6.26. The van der Waals surface area contributed by atoms with Crippen LogP contribution in [0.4, 0.5) is 5.69 Å². The number of fused-ring (bicyclic) bond motifs is 1. The van der Waals surface area contributed by atoms with E-state index in [-0.39, 0.29) is 59.3 Å². The van der Waals surface area contributed by atoms with E-state index in [9.17, 15) is 9.59 Å². The van der Waals surface area contributed by atoms with Crippen molar-refractivity contribution in [3.63, 3.8) is 0 Å². The van der Waals surface area contributed by atoms with Gasteiger partial charge in [0.1, 0.15) is 0 Å². The van der Waals surface area contributed by atoms with Crippen molar-refractivity contribution >= 4 is 17.6 Å². The highest BCUT2D eigenvalue weighted by atomic mass is 16.5. The Labute approximate surface area is 127 Å². The van der Waals surface area contributed by atoms with Crippen molar-refractivity contribution in [1.29, 1.82) is 0 Å². The van der Waals surface area contributed by atoms with Crippen LogP contribution < -0.4 is 5.73 Å². The van der Waals surface area contributed by atoms with Crippen molar-refractivity contribution in [3.8, 4) is 11.1 Å². The highest BCUT2D eigenvalue weighted by Gasteiger charge is 2.30. The van der Waals surface area contributed by atoms with E-state index in [0.29, 0.717) is 0 Å². The van der Waals surface area contributed by atoms with Gasteiger partial charge in [-0.1, -0.05) is 30.3 Å². The lowest BCUT2D eigenvalue weighted by Crippen LogP contribution is -2.09. The first-order chi connectivity index (χ1) is 11.3. The molecule has 0 atom stereocenters. The Balaban J connectivity index is 2.91. The van der Waals surface area contributed by atoms with E-state index in [1.165, 1.54) is 12.1 Å². The number of carbonyl (C=O) groups excluding carboxylic acids is 2. The monoisotopic (exact) mass is 290 g/mol. The van der Waals surface area contributed by atoms with Crippen molar-refractivity contribution in [3.05, 3.63) is 41.4 Å². The summed E-state index contributed by atoms with van der Waals surface area (Å²) >= 11 is 0. The van der Waals surface area contributed by atoms with Gasteiger partial charge >= 0.3 is 11.9 Å². The second-order valence-corrected chi connectivity index (χ2v) is 4.10. The minimum atomic E-state index is -0.791. The molecule has 0 saturated heterocycles.